The summed E-state index contributed by atoms with van der Waals surface area (Å²) in [5.74, 6) is -3.42. The fraction of sp³-hybridized carbons (Fsp3) is 0.235. The Morgan fingerprint density at radius 1 is 0.840 bits per heavy atom. The molecule has 4 nitrogen and oxygen atoms in total. The Bertz CT molecular complexity index is 791. The molecule has 2 aromatic carbocycles. The molecule has 0 atom stereocenters. The number of amides is 2. The van der Waals surface area contributed by atoms with Crippen molar-refractivity contribution in [2.24, 2.45) is 0 Å². The summed E-state index contributed by atoms with van der Waals surface area (Å²) >= 11 is 0. The molecular formula is C17H15F4N3O. The first-order valence-corrected chi connectivity index (χ1v) is 7.65. The number of benzene rings is 2. The molecule has 1 saturated heterocycles. The highest BCUT2D eigenvalue weighted by Crippen LogP contribution is 2.20. The SMILES string of the molecule is O=C(Nc1ccc(F)cc1F)N1CCN(c2ccc(F)c(F)c2)CC1. The predicted molar refractivity (Wildman–Crippen MR) is 85.5 cm³/mol. The zero-order chi connectivity index (χ0) is 18.0. The van der Waals surface area contributed by atoms with Crippen LogP contribution < -0.4 is 10.2 Å². The van der Waals surface area contributed by atoms with Gasteiger partial charge in [0.15, 0.2) is 11.6 Å². The number of urea groups is 1. The molecule has 2 amide bonds. The van der Waals surface area contributed by atoms with Gasteiger partial charge < -0.3 is 15.1 Å². The van der Waals surface area contributed by atoms with Crippen LogP contribution in [0.4, 0.5) is 33.7 Å². The molecule has 8 heteroatoms. The lowest BCUT2D eigenvalue weighted by molar-refractivity contribution is 0.208. The molecule has 0 unspecified atom stereocenters. The van der Waals surface area contributed by atoms with E-state index in [-0.39, 0.29) is 5.69 Å². The number of carbonyl (C=O) groups is 1. The minimum atomic E-state index is -0.926. The normalized spacial score (nSPS) is 14.6. The lowest BCUT2D eigenvalue weighted by Gasteiger charge is -2.36. The second-order valence-electron chi connectivity index (χ2n) is 5.63. The minimum Gasteiger partial charge on any atom is -0.368 e. The van der Waals surface area contributed by atoms with Gasteiger partial charge in [0, 0.05) is 44.0 Å². The van der Waals surface area contributed by atoms with Gasteiger partial charge in [-0.3, -0.25) is 0 Å². The summed E-state index contributed by atoms with van der Waals surface area (Å²) in [6.07, 6.45) is 0. The molecule has 1 aliphatic heterocycles. The van der Waals surface area contributed by atoms with E-state index in [9.17, 15) is 22.4 Å². The molecule has 0 aromatic heterocycles. The van der Waals surface area contributed by atoms with Gasteiger partial charge >= 0.3 is 6.03 Å². The first-order valence-electron chi connectivity index (χ1n) is 7.65. The summed E-state index contributed by atoms with van der Waals surface area (Å²) in [6.45, 7) is 1.50. The Kier molecular flexibility index (Phi) is 4.78. The van der Waals surface area contributed by atoms with Crippen molar-refractivity contribution < 1.29 is 22.4 Å². The molecule has 132 valence electrons. The van der Waals surface area contributed by atoms with Crippen molar-refractivity contribution in [1.29, 1.82) is 0 Å². The Morgan fingerprint density at radius 2 is 1.56 bits per heavy atom. The molecule has 3 rings (SSSR count). The molecule has 1 N–H and O–H groups in total. The first kappa shape index (κ1) is 17.1. The zero-order valence-corrected chi connectivity index (χ0v) is 13.1. The third-order valence-corrected chi connectivity index (χ3v) is 4.01. The summed E-state index contributed by atoms with van der Waals surface area (Å²) in [6, 6.07) is 6.04. The summed E-state index contributed by atoms with van der Waals surface area (Å²) in [7, 11) is 0. The number of anilines is 2. The van der Waals surface area contributed by atoms with Crippen molar-refractivity contribution in [3.05, 3.63) is 59.7 Å². The molecule has 25 heavy (non-hydrogen) atoms. The third kappa shape index (κ3) is 3.84. The smallest absolute Gasteiger partial charge is 0.322 e. The van der Waals surface area contributed by atoms with Crippen LogP contribution in [0.5, 0.6) is 0 Å². The Morgan fingerprint density at radius 3 is 2.20 bits per heavy atom. The van der Waals surface area contributed by atoms with Gasteiger partial charge in [0.05, 0.1) is 5.69 Å². The fourth-order valence-corrected chi connectivity index (χ4v) is 2.63. The third-order valence-electron chi connectivity index (χ3n) is 4.01. The number of piperazine rings is 1. The van der Waals surface area contributed by atoms with Gasteiger partial charge in [0.25, 0.3) is 0 Å². The van der Waals surface area contributed by atoms with E-state index in [4.69, 9.17) is 0 Å². The van der Waals surface area contributed by atoms with E-state index in [0.717, 1.165) is 24.3 Å². The monoisotopic (exact) mass is 353 g/mol. The van der Waals surface area contributed by atoms with Gasteiger partial charge in [-0.2, -0.15) is 0 Å². The lowest BCUT2D eigenvalue weighted by atomic mass is 10.2. The second kappa shape index (κ2) is 7.00. The van der Waals surface area contributed by atoms with Crippen LogP contribution >= 0.6 is 0 Å². The van der Waals surface area contributed by atoms with Gasteiger partial charge in [-0.15, -0.1) is 0 Å². The van der Waals surface area contributed by atoms with Crippen molar-refractivity contribution in [3.8, 4) is 0 Å². The Labute approximate surface area is 141 Å². The van der Waals surface area contributed by atoms with E-state index in [1.807, 2.05) is 4.90 Å². The fourth-order valence-electron chi connectivity index (χ4n) is 2.63. The highest BCUT2D eigenvalue weighted by Gasteiger charge is 2.22. The van der Waals surface area contributed by atoms with Crippen LogP contribution in [0.3, 0.4) is 0 Å². The molecular weight excluding hydrogens is 338 g/mol. The highest BCUT2D eigenvalue weighted by atomic mass is 19.2. The maximum atomic E-state index is 13.6. The number of carbonyl (C=O) groups excluding carboxylic acids is 1. The topological polar surface area (TPSA) is 35.6 Å². The van der Waals surface area contributed by atoms with Crippen molar-refractivity contribution in [1.82, 2.24) is 4.90 Å². The van der Waals surface area contributed by atoms with Crippen molar-refractivity contribution in [3.63, 3.8) is 0 Å². The standard InChI is InChI=1S/C17H15F4N3O/c18-11-1-4-16(15(21)9-11)22-17(25)24-7-5-23(6-8-24)12-2-3-13(19)14(20)10-12/h1-4,9-10H,5-8H2,(H,22,25). The van der Waals surface area contributed by atoms with Gasteiger partial charge in [-0.05, 0) is 24.3 Å². The number of rotatable bonds is 2. The van der Waals surface area contributed by atoms with Gasteiger partial charge in [0.2, 0.25) is 0 Å². The number of hydrogen-bond acceptors (Lipinski definition) is 2. The second-order valence-corrected chi connectivity index (χ2v) is 5.63. The molecule has 1 fully saturated rings. The Balaban J connectivity index is 1.59. The molecule has 0 saturated carbocycles. The number of nitrogens with one attached hydrogen (secondary N) is 1. The first-order chi connectivity index (χ1) is 11.9. The minimum absolute atomic E-state index is 0.102. The summed E-state index contributed by atoms with van der Waals surface area (Å²) in [5, 5.41) is 2.40. The average molecular weight is 353 g/mol. The summed E-state index contributed by atoms with van der Waals surface area (Å²) in [5.41, 5.74) is 0.429. The van der Waals surface area contributed by atoms with E-state index in [2.05, 4.69) is 5.32 Å². The molecule has 1 aliphatic rings. The maximum Gasteiger partial charge on any atom is 0.322 e. The Hall–Kier alpha value is -2.77. The van der Waals surface area contributed by atoms with Gasteiger partial charge in [-0.1, -0.05) is 0 Å². The molecule has 0 radical (unpaired) electrons. The van der Waals surface area contributed by atoms with Crippen LogP contribution in [0.15, 0.2) is 36.4 Å². The van der Waals surface area contributed by atoms with Crippen LogP contribution in [-0.4, -0.2) is 37.1 Å². The zero-order valence-electron chi connectivity index (χ0n) is 13.1. The van der Waals surface area contributed by atoms with Gasteiger partial charge in [0.1, 0.15) is 11.6 Å². The molecule has 0 bridgehead atoms. The molecule has 0 aliphatic carbocycles. The van der Waals surface area contributed by atoms with Crippen LogP contribution in [-0.2, 0) is 0 Å². The number of hydrogen-bond donors (Lipinski definition) is 1. The average Bonchev–Trinajstić information content (AvgIpc) is 2.60. The van der Waals surface area contributed by atoms with E-state index >= 15 is 0 Å². The highest BCUT2D eigenvalue weighted by molar-refractivity contribution is 5.89. The summed E-state index contributed by atoms with van der Waals surface area (Å²) < 4.78 is 52.8. The number of halogens is 4. The van der Waals surface area contributed by atoms with Crippen molar-refractivity contribution >= 4 is 17.4 Å². The van der Waals surface area contributed by atoms with Crippen LogP contribution in [0, 0.1) is 23.3 Å². The van der Waals surface area contributed by atoms with Crippen LogP contribution in [0.25, 0.3) is 0 Å². The lowest BCUT2D eigenvalue weighted by Crippen LogP contribution is -2.50. The predicted octanol–water partition coefficient (Wildman–Crippen LogP) is 3.60. The maximum absolute atomic E-state index is 13.6. The van der Waals surface area contributed by atoms with E-state index < -0.39 is 29.3 Å². The number of nitrogens with zero attached hydrogens (tertiary/aromatic N) is 2. The molecule has 0 spiro atoms. The molecule has 1 heterocycles. The van der Waals surface area contributed by atoms with Crippen LogP contribution in [0.2, 0.25) is 0 Å². The van der Waals surface area contributed by atoms with E-state index in [1.165, 1.54) is 11.0 Å². The van der Waals surface area contributed by atoms with E-state index in [0.29, 0.717) is 37.9 Å². The molecule has 2 aromatic rings. The van der Waals surface area contributed by atoms with Crippen molar-refractivity contribution in [2.45, 2.75) is 0 Å². The largest absolute Gasteiger partial charge is 0.368 e. The van der Waals surface area contributed by atoms with Gasteiger partial charge in [-0.25, -0.2) is 22.4 Å². The van der Waals surface area contributed by atoms with Crippen molar-refractivity contribution in [2.75, 3.05) is 36.4 Å². The quantitative estimate of drug-likeness (QED) is 0.838. The van der Waals surface area contributed by atoms with Crippen LogP contribution in [0.1, 0.15) is 0 Å². The van der Waals surface area contributed by atoms with E-state index in [1.54, 1.807) is 0 Å². The summed E-state index contributed by atoms with van der Waals surface area (Å²) in [4.78, 5) is 15.5.